The number of benzene rings is 1. The van der Waals surface area contributed by atoms with Gasteiger partial charge in [0.2, 0.25) is 0 Å². The summed E-state index contributed by atoms with van der Waals surface area (Å²) in [5.74, 6) is 0.734. The van der Waals surface area contributed by atoms with Gasteiger partial charge in [-0.05, 0) is 31.2 Å². The lowest BCUT2D eigenvalue weighted by atomic mass is 10.0. The number of fused-ring (bicyclic) bond motifs is 1. The summed E-state index contributed by atoms with van der Waals surface area (Å²) in [5.41, 5.74) is 3.17. The summed E-state index contributed by atoms with van der Waals surface area (Å²) in [6.07, 6.45) is 1.05. The molecule has 18 heavy (non-hydrogen) atoms. The van der Waals surface area contributed by atoms with E-state index < -0.39 is 0 Å². The summed E-state index contributed by atoms with van der Waals surface area (Å²) in [5, 5.41) is 3.57. The molecule has 1 atom stereocenters. The van der Waals surface area contributed by atoms with Crippen LogP contribution in [0.1, 0.15) is 11.5 Å². The molecule has 3 rings (SSSR count). The summed E-state index contributed by atoms with van der Waals surface area (Å²) in [6.45, 7) is 5.21. The molecule has 1 aromatic heterocycles. The molecule has 2 heterocycles. The summed E-state index contributed by atoms with van der Waals surface area (Å²) in [4.78, 5) is 6.76. The van der Waals surface area contributed by atoms with E-state index in [9.17, 15) is 0 Å². The average molecular weight is 245 g/mol. The van der Waals surface area contributed by atoms with Gasteiger partial charge in [0.15, 0.2) is 11.5 Å². The van der Waals surface area contributed by atoms with Crippen molar-refractivity contribution in [2.75, 3.05) is 26.7 Å². The van der Waals surface area contributed by atoms with Gasteiger partial charge in [0.25, 0.3) is 0 Å². The fourth-order valence-corrected chi connectivity index (χ4v) is 2.63. The molecule has 0 saturated carbocycles. The van der Waals surface area contributed by atoms with Crippen LogP contribution in [-0.4, -0.2) is 42.6 Å². The summed E-state index contributed by atoms with van der Waals surface area (Å²) in [7, 11) is 2.18. The van der Waals surface area contributed by atoms with Gasteiger partial charge in [0.05, 0.1) is 0 Å². The van der Waals surface area contributed by atoms with Crippen LogP contribution in [0.25, 0.3) is 11.1 Å². The van der Waals surface area contributed by atoms with Gasteiger partial charge in [-0.25, -0.2) is 4.98 Å². The predicted octanol–water partition coefficient (Wildman–Crippen LogP) is 1.58. The van der Waals surface area contributed by atoms with E-state index in [1.54, 1.807) is 0 Å². The molecule has 0 spiro atoms. The molecule has 4 nitrogen and oxygen atoms in total. The monoisotopic (exact) mass is 245 g/mol. The van der Waals surface area contributed by atoms with Crippen molar-refractivity contribution in [1.29, 1.82) is 0 Å². The number of aromatic nitrogens is 1. The van der Waals surface area contributed by atoms with Crippen LogP contribution in [0.3, 0.4) is 0 Å². The third kappa shape index (κ3) is 2.40. The van der Waals surface area contributed by atoms with Crippen molar-refractivity contribution in [3.8, 4) is 0 Å². The number of piperazine rings is 1. The van der Waals surface area contributed by atoms with Gasteiger partial charge >= 0.3 is 0 Å². The summed E-state index contributed by atoms with van der Waals surface area (Å²) >= 11 is 0. The Morgan fingerprint density at radius 1 is 1.50 bits per heavy atom. The molecule has 1 aliphatic rings. The van der Waals surface area contributed by atoms with E-state index in [1.807, 2.05) is 13.0 Å². The molecule has 1 aliphatic heterocycles. The lowest BCUT2D eigenvalue weighted by Crippen LogP contribution is -2.49. The van der Waals surface area contributed by atoms with Crippen molar-refractivity contribution >= 4 is 11.1 Å². The maximum Gasteiger partial charge on any atom is 0.192 e. The van der Waals surface area contributed by atoms with Gasteiger partial charge < -0.3 is 14.6 Å². The molecule has 1 unspecified atom stereocenters. The fraction of sp³-hybridized carbons (Fsp3) is 0.500. The fourth-order valence-electron chi connectivity index (χ4n) is 2.63. The van der Waals surface area contributed by atoms with Gasteiger partial charge in [-0.15, -0.1) is 0 Å². The Balaban J connectivity index is 1.77. The first-order valence-corrected chi connectivity index (χ1v) is 6.49. The van der Waals surface area contributed by atoms with E-state index in [2.05, 4.69) is 34.4 Å². The van der Waals surface area contributed by atoms with Crippen LogP contribution < -0.4 is 5.32 Å². The third-order valence-electron chi connectivity index (χ3n) is 3.50. The topological polar surface area (TPSA) is 41.3 Å². The zero-order valence-electron chi connectivity index (χ0n) is 10.9. The Labute approximate surface area is 107 Å². The minimum atomic E-state index is 0.536. The standard InChI is InChI=1S/C14H19N3O/c1-10-16-13-8-11(3-4-14(13)18-10)7-12-9-17(2)6-5-15-12/h3-4,8,12,15H,5-7,9H2,1-2H3. The number of nitrogens with one attached hydrogen (secondary N) is 1. The molecule has 0 radical (unpaired) electrons. The van der Waals surface area contributed by atoms with Crippen LogP contribution in [0.4, 0.5) is 0 Å². The Kier molecular flexibility index (Phi) is 3.06. The quantitative estimate of drug-likeness (QED) is 0.872. The molecule has 1 N–H and O–H groups in total. The molecule has 0 bridgehead atoms. The highest BCUT2D eigenvalue weighted by molar-refractivity contribution is 5.73. The second-order valence-corrected chi connectivity index (χ2v) is 5.15. The van der Waals surface area contributed by atoms with Crippen LogP contribution in [0.15, 0.2) is 22.6 Å². The van der Waals surface area contributed by atoms with Crippen LogP contribution >= 0.6 is 0 Å². The maximum absolute atomic E-state index is 5.49. The number of nitrogens with zero attached hydrogens (tertiary/aromatic N) is 2. The number of hydrogen-bond acceptors (Lipinski definition) is 4. The lowest BCUT2D eigenvalue weighted by molar-refractivity contribution is 0.238. The zero-order chi connectivity index (χ0) is 12.5. The van der Waals surface area contributed by atoms with E-state index in [0.29, 0.717) is 6.04 Å². The summed E-state index contributed by atoms with van der Waals surface area (Å²) < 4.78 is 5.49. The minimum Gasteiger partial charge on any atom is -0.441 e. The number of rotatable bonds is 2. The molecule has 96 valence electrons. The molecular formula is C14H19N3O. The van der Waals surface area contributed by atoms with Gasteiger partial charge in [0, 0.05) is 32.6 Å². The van der Waals surface area contributed by atoms with E-state index in [0.717, 1.165) is 43.0 Å². The van der Waals surface area contributed by atoms with Gasteiger partial charge in [0.1, 0.15) is 5.52 Å². The molecule has 1 aromatic carbocycles. The number of oxazole rings is 1. The second kappa shape index (κ2) is 4.71. The molecular weight excluding hydrogens is 226 g/mol. The van der Waals surface area contributed by atoms with Crippen molar-refractivity contribution in [2.24, 2.45) is 0 Å². The largest absolute Gasteiger partial charge is 0.441 e. The van der Waals surface area contributed by atoms with E-state index in [-0.39, 0.29) is 0 Å². The lowest BCUT2D eigenvalue weighted by Gasteiger charge is -2.30. The normalized spacial score (nSPS) is 21.6. The summed E-state index contributed by atoms with van der Waals surface area (Å²) in [6, 6.07) is 6.84. The van der Waals surface area contributed by atoms with E-state index in [4.69, 9.17) is 4.42 Å². The van der Waals surface area contributed by atoms with Crippen LogP contribution in [0, 0.1) is 6.92 Å². The van der Waals surface area contributed by atoms with Gasteiger partial charge in [-0.3, -0.25) is 0 Å². The van der Waals surface area contributed by atoms with Crippen molar-refractivity contribution in [1.82, 2.24) is 15.2 Å². The van der Waals surface area contributed by atoms with Gasteiger partial charge in [-0.2, -0.15) is 0 Å². The first-order chi connectivity index (χ1) is 8.70. The number of hydrogen-bond donors (Lipinski definition) is 1. The SMILES string of the molecule is Cc1nc2cc(CC3CN(C)CCN3)ccc2o1. The molecule has 4 heteroatoms. The smallest absolute Gasteiger partial charge is 0.192 e. The Morgan fingerprint density at radius 2 is 2.39 bits per heavy atom. The van der Waals surface area contributed by atoms with Crippen LogP contribution in [0.2, 0.25) is 0 Å². The van der Waals surface area contributed by atoms with Crippen LogP contribution in [-0.2, 0) is 6.42 Å². The molecule has 1 fully saturated rings. The highest BCUT2D eigenvalue weighted by Gasteiger charge is 2.17. The third-order valence-corrected chi connectivity index (χ3v) is 3.50. The van der Waals surface area contributed by atoms with E-state index >= 15 is 0 Å². The zero-order valence-corrected chi connectivity index (χ0v) is 10.9. The Morgan fingerprint density at radius 3 is 3.22 bits per heavy atom. The highest BCUT2D eigenvalue weighted by Crippen LogP contribution is 2.18. The van der Waals surface area contributed by atoms with Crippen molar-refractivity contribution in [3.63, 3.8) is 0 Å². The first-order valence-electron chi connectivity index (χ1n) is 6.49. The first kappa shape index (κ1) is 11.7. The van der Waals surface area contributed by atoms with Gasteiger partial charge in [-0.1, -0.05) is 6.07 Å². The number of aryl methyl sites for hydroxylation is 1. The maximum atomic E-state index is 5.49. The van der Waals surface area contributed by atoms with E-state index in [1.165, 1.54) is 5.56 Å². The number of likely N-dealkylation sites (N-methyl/N-ethyl adjacent to an activating group) is 1. The van der Waals surface area contributed by atoms with Crippen molar-refractivity contribution < 1.29 is 4.42 Å². The Hall–Kier alpha value is -1.39. The van der Waals surface area contributed by atoms with Crippen molar-refractivity contribution in [2.45, 2.75) is 19.4 Å². The highest BCUT2D eigenvalue weighted by atomic mass is 16.3. The molecule has 1 saturated heterocycles. The predicted molar refractivity (Wildman–Crippen MR) is 71.7 cm³/mol. The second-order valence-electron chi connectivity index (χ2n) is 5.15. The van der Waals surface area contributed by atoms with Crippen LogP contribution in [0.5, 0.6) is 0 Å². The molecule has 0 aliphatic carbocycles. The minimum absolute atomic E-state index is 0.536. The molecule has 2 aromatic rings. The molecule has 0 amide bonds. The Bertz CT molecular complexity index is 549. The van der Waals surface area contributed by atoms with Crippen molar-refractivity contribution in [3.05, 3.63) is 29.7 Å². The average Bonchev–Trinajstić information content (AvgIpc) is 2.68.